The largest absolute Gasteiger partial charge is 0.377 e. The molecule has 0 unspecified atom stereocenters. The van der Waals surface area contributed by atoms with Gasteiger partial charge in [-0.15, -0.1) is 0 Å². The van der Waals surface area contributed by atoms with Gasteiger partial charge < -0.3 is 9.64 Å². The van der Waals surface area contributed by atoms with Gasteiger partial charge in [0, 0.05) is 36.7 Å². The average Bonchev–Trinajstić information content (AvgIpc) is 3.12. The van der Waals surface area contributed by atoms with Crippen molar-refractivity contribution >= 4 is 5.82 Å². The van der Waals surface area contributed by atoms with Crippen LogP contribution in [0.3, 0.4) is 0 Å². The van der Waals surface area contributed by atoms with Crippen LogP contribution in [0.1, 0.15) is 31.7 Å². The summed E-state index contributed by atoms with van der Waals surface area (Å²) in [5.41, 5.74) is 2.18. The Morgan fingerprint density at radius 2 is 2.08 bits per heavy atom. The van der Waals surface area contributed by atoms with Crippen LogP contribution in [0, 0.1) is 25.2 Å². The Labute approximate surface area is 142 Å². The molecule has 0 N–H and O–H groups in total. The number of rotatable bonds is 3. The summed E-state index contributed by atoms with van der Waals surface area (Å²) in [6.07, 6.45) is 5.11. The summed E-state index contributed by atoms with van der Waals surface area (Å²) in [5.74, 6) is 2.24. The van der Waals surface area contributed by atoms with E-state index >= 15 is 0 Å². The standard InChI is InChI=1S/C18H25N5O/c1-11-8-12(2)23(21-11)15-10-19-9-14(20-15)22(5)16-13-6-7-24-17(13)18(16,3)4/h8-10,13,16-17H,6-7H2,1-5H3/t13-,16-,17-/m1/s1. The number of anilines is 1. The smallest absolute Gasteiger partial charge is 0.174 e. The minimum Gasteiger partial charge on any atom is -0.377 e. The molecule has 6 heteroatoms. The van der Waals surface area contributed by atoms with E-state index < -0.39 is 0 Å². The second-order valence-electron chi connectivity index (χ2n) is 7.70. The van der Waals surface area contributed by atoms with Crippen LogP contribution in [0.2, 0.25) is 0 Å². The molecule has 1 saturated heterocycles. The fourth-order valence-electron chi connectivity index (χ4n) is 4.70. The van der Waals surface area contributed by atoms with Gasteiger partial charge in [-0.3, -0.25) is 4.98 Å². The lowest BCUT2D eigenvalue weighted by atomic mass is 9.57. The highest BCUT2D eigenvalue weighted by molar-refractivity contribution is 5.43. The minimum absolute atomic E-state index is 0.131. The molecular weight excluding hydrogens is 302 g/mol. The molecule has 2 aromatic rings. The maximum atomic E-state index is 5.92. The Bertz CT molecular complexity index is 769. The van der Waals surface area contributed by atoms with Gasteiger partial charge in [-0.2, -0.15) is 5.10 Å². The first kappa shape index (κ1) is 15.6. The molecule has 6 nitrogen and oxygen atoms in total. The van der Waals surface area contributed by atoms with E-state index in [1.54, 1.807) is 6.20 Å². The number of hydrogen-bond acceptors (Lipinski definition) is 5. The zero-order chi connectivity index (χ0) is 17.1. The number of aromatic nitrogens is 4. The van der Waals surface area contributed by atoms with Crippen LogP contribution < -0.4 is 4.90 Å². The van der Waals surface area contributed by atoms with E-state index in [1.165, 1.54) is 0 Å². The highest BCUT2D eigenvalue weighted by atomic mass is 16.5. The van der Waals surface area contributed by atoms with E-state index in [-0.39, 0.29) is 5.41 Å². The van der Waals surface area contributed by atoms with Crippen LogP contribution >= 0.6 is 0 Å². The van der Waals surface area contributed by atoms with E-state index in [2.05, 4.69) is 35.9 Å². The summed E-state index contributed by atoms with van der Waals surface area (Å²) in [6.45, 7) is 9.48. The zero-order valence-electron chi connectivity index (χ0n) is 15.0. The summed E-state index contributed by atoms with van der Waals surface area (Å²) in [4.78, 5) is 11.5. The van der Waals surface area contributed by atoms with Crippen LogP contribution in [0.4, 0.5) is 5.82 Å². The third-order valence-electron chi connectivity index (χ3n) is 5.65. The topological polar surface area (TPSA) is 56.1 Å². The SMILES string of the molecule is Cc1cc(C)n(-c2cncc(N(C)[C@@H]3[C@H]4CCO[C@H]4C3(C)C)n2)n1. The van der Waals surface area contributed by atoms with Crippen molar-refractivity contribution in [3.63, 3.8) is 0 Å². The molecule has 0 bridgehead atoms. The average molecular weight is 327 g/mol. The molecule has 2 fully saturated rings. The van der Waals surface area contributed by atoms with E-state index in [0.29, 0.717) is 18.1 Å². The summed E-state index contributed by atoms with van der Waals surface area (Å²) in [6, 6.07) is 2.48. The van der Waals surface area contributed by atoms with Crippen molar-refractivity contribution in [2.24, 2.45) is 11.3 Å². The Morgan fingerprint density at radius 3 is 2.79 bits per heavy atom. The van der Waals surface area contributed by atoms with Crippen molar-refractivity contribution in [1.29, 1.82) is 0 Å². The summed E-state index contributed by atoms with van der Waals surface area (Å²) < 4.78 is 7.77. The molecule has 3 atom stereocenters. The van der Waals surface area contributed by atoms with Gasteiger partial charge in [0.2, 0.25) is 0 Å². The first-order valence-electron chi connectivity index (χ1n) is 8.59. The molecule has 2 aliphatic rings. The number of aryl methyl sites for hydroxylation is 2. The van der Waals surface area contributed by atoms with Gasteiger partial charge in [0.1, 0.15) is 5.82 Å². The second kappa shape index (κ2) is 5.28. The molecular formula is C18H25N5O. The highest BCUT2D eigenvalue weighted by Gasteiger charge is 2.61. The van der Waals surface area contributed by atoms with Crippen LogP contribution in [0.25, 0.3) is 5.82 Å². The van der Waals surface area contributed by atoms with Crippen molar-refractivity contribution in [3.05, 3.63) is 29.8 Å². The van der Waals surface area contributed by atoms with Crippen LogP contribution in [0.5, 0.6) is 0 Å². The Hall–Kier alpha value is -1.95. The van der Waals surface area contributed by atoms with Gasteiger partial charge in [-0.25, -0.2) is 9.67 Å². The van der Waals surface area contributed by atoms with Gasteiger partial charge in [0.05, 0.1) is 24.2 Å². The van der Waals surface area contributed by atoms with Crippen molar-refractivity contribution < 1.29 is 4.74 Å². The van der Waals surface area contributed by atoms with Crippen LogP contribution in [-0.4, -0.2) is 45.5 Å². The quantitative estimate of drug-likeness (QED) is 0.867. The molecule has 1 saturated carbocycles. The van der Waals surface area contributed by atoms with Crippen LogP contribution in [0.15, 0.2) is 18.5 Å². The molecule has 1 aliphatic heterocycles. The molecule has 1 aliphatic carbocycles. The molecule has 4 rings (SSSR count). The molecule has 2 aromatic heterocycles. The fourth-order valence-corrected chi connectivity index (χ4v) is 4.70. The van der Waals surface area contributed by atoms with E-state index in [1.807, 2.05) is 30.8 Å². The first-order chi connectivity index (χ1) is 11.4. The van der Waals surface area contributed by atoms with E-state index in [0.717, 1.165) is 36.1 Å². The first-order valence-corrected chi connectivity index (χ1v) is 8.59. The zero-order valence-corrected chi connectivity index (χ0v) is 15.0. The van der Waals surface area contributed by atoms with Gasteiger partial charge >= 0.3 is 0 Å². The molecule has 24 heavy (non-hydrogen) atoms. The molecule has 0 aromatic carbocycles. The summed E-state index contributed by atoms with van der Waals surface area (Å²) >= 11 is 0. The Kier molecular flexibility index (Phi) is 3.42. The van der Waals surface area contributed by atoms with Crippen molar-refractivity contribution in [2.75, 3.05) is 18.6 Å². The monoisotopic (exact) mass is 327 g/mol. The third-order valence-corrected chi connectivity index (χ3v) is 5.65. The number of fused-ring (bicyclic) bond motifs is 1. The molecule has 0 radical (unpaired) electrons. The number of nitrogens with zero attached hydrogens (tertiary/aromatic N) is 5. The predicted octanol–water partition coefficient (Wildman–Crippen LogP) is 2.53. The lowest BCUT2D eigenvalue weighted by Gasteiger charge is -2.58. The molecule has 3 heterocycles. The van der Waals surface area contributed by atoms with Crippen molar-refractivity contribution in [3.8, 4) is 5.82 Å². The van der Waals surface area contributed by atoms with E-state index in [9.17, 15) is 0 Å². The highest BCUT2D eigenvalue weighted by Crippen LogP contribution is 2.54. The summed E-state index contributed by atoms with van der Waals surface area (Å²) in [7, 11) is 2.12. The Balaban J connectivity index is 1.65. The predicted molar refractivity (Wildman–Crippen MR) is 92.4 cm³/mol. The minimum atomic E-state index is 0.131. The maximum Gasteiger partial charge on any atom is 0.174 e. The van der Waals surface area contributed by atoms with Gasteiger partial charge in [-0.05, 0) is 26.3 Å². The molecule has 0 amide bonds. The van der Waals surface area contributed by atoms with Crippen LogP contribution in [-0.2, 0) is 4.74 Å². The van der Waals surface area contributed by atoms with E-state index in [4.69, 9.17) is 9.72 Å². The van der Waals surface area contributed by atoms with Crippen molar-refractivity contribution in [2.45, 2.75) is 46.3 Å². The normalized spacial score (nSPS) is 27.6. The lowest BCUT2D eigenvalue weighted by molar-refractivity contribution is -0.101. The van der Waals surface area contributed by atoms with Gasteiger partial charge in [0.15, 0.2) is 5.82 Å². The fraction of sp³-hybridized carbons (Fsp3) is 0.611. The number of ether oxygens (including phenoxy) is 1. The molecule has 128 valence electrons. The molecule has 0 spiro atoms. The van der Waals surface area contributed by atoms with Gasteiger partial charge in [-0.1, -0.05) is 13.8 Å². The van der Waals surface area contributed by atoms with Gasteiger partial charge in [0.25, 0.3) is 0 Å². The third kappa shape index (κ3) is 2.16. The maximum absolute atomic E-state index is 5.92. The lowest BCUT2D eigenvalue weighted by Crippen LogP contribution is -2.66. The summed E-state index contributed by atoms with van der Waals surface area (Å²) in [5, 5.41) is 4.52. The number of hydrogen-bond donors (Lipinski definition) is 0. The Morgan fingerprint density at radius 1 is 1.29 bits per heavy atom. The second-order valence-corrected chi connectivity index (χ2v) is 7.70. The van der Waals surface area contributed by atoms with Crippen molar-refractivity contribution in [1.82, 2.24) is 19.7 Å².